The maximum atomic E-state index is 5.50. The standard InChI is InChI=1S/C10H12Br2O/c1-7(2)13-6-8-3-4-9(11)5-10(8)12/h3-5,7H,6H2,1-2H3. The van der Waals surface area contributed by atoms with Crippen LogP contribution in [0.4, 0.5) is 0 Å². The molecule has 0 bridgehead atoms. The number of hydrogen-bond acceptors (Lipinski definition) is 1. The second kappa shape index (κ2) is 5.13. The third-order valence-corrected chi connectivity index (χ3v) is 2.82. The van der Waals surface area contributed by atoms with Gasteiger partial charge in [-0.05, 0) is 31.5 Å². The lowest BCUT2D eigenvalue weighted by molar-refractivity contribution is 0.0653. The fourth-order valence-electron chi connectivity index (χ4n) is 0.895. The Balaban J connectivity index is 2.67. The van der Waals surface area contributed by atoms with Gasteiger partial charge in [-0.1, -0.05) is 37.9 Å². The van der Waals surface area contributed by atoms with Crippen molar-refractivity contribution in [1.29, 1.82) is 0 Å². The Bertz CT molecular complexity index is 284. The molecule has 0 saturated heterocycles. The third kappa shape index (κ3) is 3.79. The molecule has 3 heteroatoms. The van der Waals surface area contributed by atoms with Crippen LogP contribution >= 0.6 is 31.9 Å². The SMILES string of the molecule is CC(C)OCc1ccc(Br)cc1Br. The highest BCUT2D eigenvalue weighted by Gasteiger charge is 2.01. The largest absolute Gasteiger partial charge is 0.374 e. The van der Waals surface area contributed by atoms with Gasteiger partial charge in [0.15, 0.2) is 0 Å². The maximum absolute atomic E-state index is 5.50. The van der Waals surface area contributed by atoms with E-state index >= 15 is 0 Å². The van der Waals surface area contributed by atoms with Crippen LogP contribution in [0.5, 0.6) is 0 Å². The van der Waals surface area contributed by atoms with E-state index in [1.165, 1.54) is 5.56 Å². The molecule has 0 aromatic heterocycles. The Morgan fingerprint density at radius 3 is 2.54 bits per heavy atom. The van der Waals surface area contributed by atoms with E-state index in [1.807, 2.05) is 26.0 Å². The highest BCUT2D eigenvalue weighted by molar-refractivity contribution is 9.11. The molecule has 0 aliphatic heterocycles. The first-order valence-electron chi connectivity index (χ1n) is 4.15. The Hall–Kier alpha value is 0.140. The van der Waals surface area contributed by atoms with Crippen molar-refractivity contribution in [2.45, 2.75) is 26.6 Å². The summed E-state index contributed by atoms with van der Waals surface area (Å²) in [5.74, 6) is 0. The van der Waals surface area contributed by atoms with E-state index in [0.717, 1.165) is 8.95 Å². The minimum absolute atomic E-state index is 0.274. The summed E-state index contributed by atoms with van der Waals surface area (Å²) in [7, 11) is 0. The van der Waals surface area contributed by atoms with Crippen molar-refractivity contribution in [2.24, 2.45) is 0 Å². The van der Waals surface area contributed by atoms with E-state index < -0.39 is 0 Å². The van der Waals surface area contributed by atoms with E-state index in [0.29, 0.717) is 6.61 Å². The van der Waals surface area contributed by atoms with Gasteiger partial charge in [-0.25, -0.2) is 0 Å². The maximum Gasteiger partial charge on any atom is 0.0731 e. The van der Waals surface area contributed by atoms with Gasteiger partial charge in [0.1, 0.15) is 0 Å². The molecule has 0 N–H and O–H groups in total. The van der Waals surface area contributed by atoms with Gasteiger partial charge in [0.25, 0.3) is 0 Å². The van der Waals surface area contributed by atoms with Crippen molar-refractivity contribution >= 4 is 31.9 Å². The lowest BCUT2D eigenvalue weighted by atomic mass is 10.2. The molecule has 1 aromatic carbocycles. The molecule has 0 saturated carbocycles. The van der Waals surface area contributed by atoms with Crippen LogP contribution in [0, 0.1) is 0 Å². The second-order valence-corrected chi connectivity index (χ2v) is 4.87. The second-order valence-electron chi connectivity index (χ2n) is 3.10. The first kappa shape index (κ1) is 11.2. The molecule has 0 unspecified atom stereocenters. The monoisotopic (exact) mass is 306 g/mol. The highest BCUT2D eigenvalue weighted by atomic mass is 79.9. The Labute approximate surface area is 95.7 Å². The molecule has 72 valence electrons. The van der Waals surface area contributed by atoms with Crippen LogP contribution < -0.4 is 0 Å². The zero-order chi connectivity index (χ0) is 9.84. The van der Waals surface area contributed by atoms with Crippen LogP contribution in [0.1, 0.15) is 19.4 Å². The van der Waals surface area contributed by atoms with Crippen molar-refractivity contribution in [3.8, 4) is 0 Å². The Morgan fingerprint density at radius 2 is 2.00 bits per heavy atom. The van der Waals surface area contributed by atoms with E-state index in [9.17, 15) is 0 Å². The van der Waals surface area contributed by atoms with Crippen molar-refractivity contribution < 1.29 is 4.74 Å². The van der Waals surface area contributed by atoms with Gasteiger partial charge in [-0.2, -0.15) is 0 Å². The van der Waals surface area contributed by atoms with Gasteiger partial charge in [-0.15, -0.1) is 0 Å². The van der Waals surface area contributed by atoms with Crippen LogP contribution in [-0.2, 0) is 11.3 Å². The minimum Gasteiger partial charge on any atom is -0.374 e. The van der Waals surface area contributed by atoms with Gasteiger partial charge in [0.2, 0.25) is 0 Å². The quantitative estimate of drug-likeness (QED) is 0.815. The van der Waals surface area contributed by atoms with E-state index in [1.54, 1.807) is 0 Å². The van der Waals surface area contributed by atoms with Crippen molar-refractivity contribution in [3.05, 3.63) is 32.7 Å². The summed E-state index contributed by atoms with van der Waals surface area (Å²) in [5, 5.41) is 0. The van der Waals surface area contributed by atoms with Gasteiger partial charge in [0, 0.05) is 8.95 Å². The molecule has 13 heavy (non-hydrogen) atoms. The fraction of sp³-hybridized carbons (Fsp3) is 0.400. The molecular weight excluding hydrogens is 296 g/mol. The molecule has 1 aromatic rings. The summed E-state index contributed by atoms with van der Waals surface area (Å²) >= 11 is 6.89. The molecule has 1 nitrogen and oxygen atoms in total. The zero-order valence-corrected chi connectivity index (χ0v) is 10.9. The molecule has 0 atom stereocenters. The van der Waals surface area contributed by atoms with Crippen molar-refractivity contribution in [1.82, 2.24) is 0 Å². The average molecular weight is 308 g/mol. The molecule has 0 amide bonds. The molecule has 0 spiro atoms. The molecule has 0 aliphatic rings. The average Bonchev–Trinajstić information content (AvgIpc) is 2.02. The van der Waals surface area contributed by atoms with E-state index in [2.05, 4.69) is 37.9 Å². The molecule has 1 rings (SSSR count). The van der Waals surface area contributed by atoms with Gasteiger partial charge >= 0.3 is 0 Å². The van der Waals surface area contributed by atoms with E-state index in [4.69, 9.17) is 4.74 Å². The number of ether oxygens (including phenoxy) is 1. The molecule has 0 aliphatic carbocycles. The van der Waals surface area contributed by atoms with Crippen LogP contribution in [0.3, 0.4) is 0 Å². The summed E-state index contributed by atoms with van der Waals surface area (Å²) in [6, 6.07) is 6.10. The van der Waals surface area contributed by atoms with Crippen molar-refractivity contribution in [3.63, 3.8) is 0 Å². The summed E-state index contributed by atoms with van der Waals surface area (Å²) in [6.45, 7) is 4.73. The highest BCUT2D eigenvalue weighted by Crippen LogP contribution is 2.22. The fourth-order valence-corrected chi connectivity index (χ4v) is 2.06. The first-order chi connectivity index (χ1) is 6.09. The summed E-state index contributed by atoms with van der Waals surface area (Å²) in [6.07, 6.45) is 0.274. The minimum atomic E-state index is 0.274. The molecule has 0 radical (unpaired) electrons. The summed E-state index contributed by atoms with van der Waals surface area (Å²) < 4.78 is 7.67. The van der Waals surface area contributed by atoms with Crippen LogP contribution in [0.2, 0.25) is 0 Å². The van der Waals surface area contributed by atoms with Gasteiger partial charge in [0.05, 0.1) is 12.7 Å². The molecule has 0 heterocycles. The third-order valence-electron chi connectivity index (χ3n) is 1.59. The normalized spacial score (nSPS) is 10.8. The molecular formula is C10H12Br2O. The molecule has 0 fully saturated rings. The Morgan fingerprint density at radius 1 is 1.31 bits per heavy atom. The smallest absolute Gasteiger partial charge is 0.0731 e. The number of halogens is 2. The van der Waals surface area contributed by atoms with Crippen LogP contribution in [0.15, 0.2) is 27.1 Å². The Kier molecular flexibility index (Phi) is 4.42. The number of hydrogen-bond donors (Lipinski definition) is 0. The first-order valence-corrected chi connectivity index (χ1v) is 5.73. The van der Waals surface area contributed by atoms with Gasteiger partial charge < -0.3 is 4.74 Å². The summed E-state index contributed by atoms with van der Waals surface area (Å²) in [5.41, 5.74) is 1.18. The van der Waals surface area contributed by atoms with Crippen molar-refractivity contribution in [2.75, 3.05) is 0 Å². The number of benzene rings is 1. The zero-order valence-electron chi connectivity index (χ0n) is 7.68. The number of rotatable bonds is 3. The predicted molar refractivity (Wildman–Crippen MR) is 61.8 cm³/mol. The van der Waals surface area contributed by atoms with Gasteiger partial charge in [-0.3, -0.25) is 0 Å². The lowest BCUT2D eigenvalue weighted by Crippen LogP contribution is -2.02. The lowest BCUT2D eigenvalue weighted by Gasteiger charge is -2.09. The van der Waals surface area contributed by atoms with E-state index in [-0.39, 0.29) is 6.10 Å². The summed E-state index contributed by atoms with van der Waals surface area (Å²) in [4.78, 5) is 0. The predicted octanol–water partition coefficient (Wildman–Crippen LogP) is 4.14. The topological polar surface area (TPSA) is 9.23 Å². The van der Waals surface area contributed by atoms with Crippen LogP contribution in [0.25, 0.3) is 0 Å². The van der Waals surface area contributed by atoms with Crippen LogP contribution in [-0.4, -0.2) is 6.10 Å².